The minimum atomic E-state index is 0.525. The first kappa shape index (κ1) is 9.50. The normalized spacial score (nSPS) is 11.1. The zero-order valence-corrected chi connectivity index (χ0v) is 9.31. The maximum absolute atomic E-state index is 5.59. The van der Waals surface area contributed by atoms with Gasteiger partial charge in [0.2, 0.25) is 0 Å². The highest BCUT2D eigenvalue weighted by atomic mass is 32.1. The van der Waals surface area contributed by atoms with Crippen LogP contribution >= 0.6 is 11.3 Å². The fourth-order valence-corrected chi connectivity index (χ4v) is 2.21. The number of nitrogens with two attached hydrogens (primary N) is 1. The standard InChI is InChI=1S/C11H10N4S/c12-7-8-3-4-15-10(6-8)13-11(14-15)9-2-1-5-16-9/h1-6H,7,12H2. The molecule has 0 amide bonds. The van der Waals surface area contributed by atoms with Crippen LogP contribution in [-0.4, -0.2) is 14.6 Å². The minimum absolute atomic E-state index is 0.525. The van der Waals surface area contributed by atoms with E-state index in [-0.39, 0.29) is 0 Å². The lowest BCUT2D eigenvalue weighted by molar-refractivity contribution is 0.952. The molecule has 4 nitrogen and oxygen atoms in total. The summed E-state index contributed by atoms with van der Waals surface area (Å²) in [5.41, 5.74) is 7.49. The maximum Gasteiger partial charge on any atom is 0.192 e. The van der Waals surface area contributed by atoms with Gasteiger partial charge in [-0.1, -0.05) is 6.07 Å². The Kier molecular flexibility index (Phi) is 2.19. The molecule has 3 rings (SSSR count). The van der Waals surface area contributed by atoms with E-state index in [0.717, 1.165) is 21.9 Å². The van der Waals surface area contributed by atoms with Crippen LogP contribution < -0.4 is 5.73 Å². The monoisotopic (exact) mass is 230 g/mol. The Hall–Kier alpha value is -1.72. The van der Waals surface area contributed by atoms with Crippen molar-refractivity contribution in [2.45, 2.75) is 6.54 Å². The van der Waals surface area contributed by atoms with E-state index >= 15 is 0 Å². The molecule has 0 aliphatic heterocycles. The maximum atomic E-state index is 5.59. The molecule has 0 saturated heterocycles. The van der Waals surface area contributed by atoms with Crippen molar-refractivity contribution in [3.8, 4) is 10.7 Å². The summed E-state index contributed by atoms with van der Waals surface area (Å²) in [4.78, 5) is 5.55. The summed E-state index contributed by atoms with van der Waals surface area (Å²) in [6, 6.07) is 7.93. The molecule has 3 aromatic heterocycles. The molecule has 0 saturated carbocycles. The average Bonchev–Trinajstić information content (AvgIpc) is 2.96. The van der Waals surface area contributed by atoms with E-state index in [1.165, 1.54) is 0 Å². The summed E-state index contributed by atoms with van der Waals surface area (Å²) in [7, 11) is 0. The van der Waals surface area contributed by atoms with Gasteiger partial charge in [-0.25, -0.2) is 9.50 Å². The van der Waals surface area contributed by atoms with Crippen LogP contribution in [-0.2, 0) is 6.54 Å². The number of aromatic nitrogens is 3. The topological polar surface area (TPSA) is 56.2 Å². The van der Waals surface area contributed by atoms with Gasteiger partial charge in [0.05, 0.1) is 4.88 Å². The fraction of sp³-hybridized carbons (Fsp3) is 0.0909. The summed E-state index contributed by atoms with van der Waals surface area (Å²) >= 11 is 1.64. The molecule has 0 spiro atoms. The Morgan fingerprint density at radius 3 is 3.06 bits per heavy atom. The second-order valence-electron chi connectivity index (χ2n) is 3.45. The highest BCUT2D eigenvalue weighted by Gasteiger charge is 2.06. The Balaban J connectivity index is 2.16. The molecule has 3 heterocycles. The third-order valence-electron chi connectivity index (χ3n) is 2.38. The van der Waals surface area contributed by atoms with E-state index in [4.69, 9.17) is 5.73 Å². The summed E-state index contributed by atoms with van der Waals surface area (Å²) in [6.45, 7) is 0.525. The molecule has 0 atom stereocenters. The number of fused-ring (bicyclic) bond motifs is 1. The minimum Gasteiger partial charge on any atom is -0.326 e. The highest BCUT2D eigenvalue weighted by Crippen LogP contribution is 2.21. The van der Waals surface area contributed by atoms with Crippen LogP contribution in [0.25, 0.3) is 16.3 Å². The number of hydrogen-bond donors (Lipinski definition) is 1. The lowest BCUT2D eigenvalue weighted by atomic mass is 10.3. The van der Waals surface area contributed by atoms with Crippen LogP contribution in [0.4, 0.5) is 0 Å². The predicted octanol–water partition coefficient (Wildman–Crippen LogP) is 1.92. The summed E-state index contributed by atoms with van der Waals surface area (Å²) in [5, 5.41) is 6.43. The van der Waals surface area contributed by atoms with Crippen LogP contribution in [0, 0.1) is 0 Å². The van der Waals surface area contributed by atoms with Gasteiger partial charge in [0.15, 0.2) is 11.5 Å². The van der Waals surface area contributed by atoms with Crippen molar-refractivity contribution < 1.29 is 0 Å². The van der Waals surface area contributed by atoms with Crippen molar-refractivity contribution in [2.75, 3.05) is 0 Å². The Morgan fingerprint density at radius 1 is 1.38 bits per heavy atom. The largest absolute Gasteiger partial charge is 0.326 e. The highest BCUT2D eigenvalue weighted by molar-refractivity contribution is 7.13. The molecule has 0 aromatic carbocycles. The second kappa shape index (κ2) is 3.70. The van der Waals surface area contributed by atoms with Gasteiger partial charge in [-0.05, 0) is 29.1 Å². The van der Waals surface area contributed by atoms with Gasteiger partial charge < -0.3 is 5.73 Å². The van der Waals surface area contributed by atoms with Crippen molar-refractivity contribution in [3.63, 3.8) is 0 Å². The number of nitrogens with zero attached hydrogens (tertiary/aromatic N) is 3. The van der Waals surface area contributed by atoms with Crippen molar-refractivity contribution >= 4 is 17.0 Å². The summed E-state index contributed by atoms with van der Waals surface area (Å²) < 4.78 is 1.77. The lowest BCUT2D eigenvalue weighted by Crippen LogP contribution is -1.97. The molecule has 2 N–H and O–H groups in total. The van der Waals surface area contributed by atoms with Gasteiger partial charge in [-0.3, -0.25) is 0 Å². The summed E-state index contributed by atoms with van der Waals surface area (Å²) in [5.74, 6) is 0.768. The van der Waals surface area contributed by atoms with Crippen LogP contribution in [0.3, 0.4) is 0 Å². The van der Waals surface area contributed by atoms with E-state index < -0.39 is 0 Å². The molecule has 0 radical (unpaired) electrons. The molecule has 0 unspecified atom stereocenters. The third-order valence-corrected chi connectivity index (χ3v) is 3.25. The first-order valence-electron chi connectivity index (χ1n) is 4.96. The van der Waals surface area contributed by atoms with E-state index in [2.05, 4.69) is 10.1 Å². The van der Waals surface area contributed by atoms with Crippen LogP contribution in [0.2, 0.25) is 0 Å². The number of hydrogen-bond acceptors (Lipinski definition) is 4. The van der Waals surface area contributed by atoms with Crippen molar-refractivity contribution in [1.29, 1.82) is 0 Å². The van der Waals surface area contributed by atoms with Gasteiger partial charge in [-0.15, -0.1) is 16.4 Å². The molecule has 0 aliphatic carbocycles. The summed E-state index contributed by atoms with van der Waals surface area (Å²) in [6.07, 6.45) is 1.89. The van der Waals surface area contributed by atoms with Gasteiger partial charge in [0.1, 0.15) is 0 Å². The zero-order chi connectivity index (χ0) is 11.0. The van der Waals surface area contributed by atoms with E-state index in [1.807, 2.05) is 35.8 Å². The van der Waals surface area contributed by atoms with Crippen molar-refractivity contribution in [2.24, 2.45) is 5.73 Å². The lowest BCUT2D eigenvalue weighted by Gasteiger charge is -1.94. The van der Waals surface area contributed by atoms with Crippen molar-refractivity contribution in [3.05, 3.63) is 41.4 Å². The van der Waals surface area contributed by atoms with Crippen LogP contribution in [0.5, 0.6) is 0 Å². The van der Waals surface area contributed by atoms with E-state index in [0.29, 0.717) is 6.54 Å². The first-order chi connectivity index (χ1) is 7.86. The quantitative estimate of drug-likeness (QED) is 0.731. The number of thiophene rings is 1. The predicted molar refractivity (Wildman–Crippen MR) is 64.2 cm³/mol. The Labute approximate surface area is 96.4 Å². The Morgan fingerprint density at radius 2 is 2.31 bits per heavy atom. The Bertz CT molecular complexity index is 612. The molecule has 80 valence electrons. The first-order valence-corrected chi connectivity index (χ1v) is 5.84. The molecule has 0 fully saturated rings. The average molecular weight is 230 g/mol. The molecular weight excluding hydrogens is 220 g/mol. The molecule has 5 heteroatoms. The molecule has 0 bridgehead atoms. The third kappa shape index (κ3) is 1.50. The van der Waals surface area contributed by atoms with Gasteiger partial charge in [0, 0.05) is 12.7 Å². The smallest absolute Gasteiger partial charge is 0.192 e. The second-order valence-corrected chi connectivity index (χ2v) is 4.40. The van der Waals surface area contributed by atoms with Crippen LogP contribution in [0.15, 0.2) is 35.8 Å². The zero-order valence-electron chi connectivity index (χ0n) is 8.50. The number of rotatable bonds is 2. The van der Waals surface area contributed by atoms with Gasteiger partial charge >= 0.3 is 0 Å². The van der Waals surface area contributed by atoms with Gasteiger partial charge in [-0.2, -0.15) is 0 Å². The molecule has 16 heavy (non-hydrogen) atoms. The SMILES string of the molecule is NCc1ccn2nc(-c3cccs3)nc2c1. The van der Waals surface area contributed by atoms with Gasteiger partial charge in [0.25, 0.3) is 0 Å². The molecule has 0 aliphatic rings. The fourth-order valence-electron chi connectivity index (χ4n) is 1.56. The molecular formula is C11H10N4S. The molecule has 3 aromatic rings. The number of pyridine rings is 1. The van der Waals surface area contributed by atoms with E-state index in [9.17, 15) is 0 Å². The van der Waals surface area contributed by atoms with Crippen LogP contribution in [0.1, 0.15) is 5.56 Å². The van der Waals surface area contributed by atoms with E-state index in [1.54, 1.807) is 15.9 Å². The van der Waals surface area contributed by atoms with Crippen molar-refractivity contribution in [1.82, 2.24) is 14.6 Å².